The third-order valence-corrected chi connectivity index (χ3v) is 7.26. The van der Waals surface area contributed by atoms with Crippen LogP contribution in [0.25, 0.3) is 0 Å². The van der Waals surface area contributed by atoms with Crippen molar-refractivity contribution in [2.45, 2.75) is 41.5 Å². The lowest BCUT2D eigenvalue weighted by atomic mass is 10.2. The number of hydrogen-bond donors (Lipinski definition) is 0. The molecule has 0 aromatic carbocycles. The Morgan fingerprint density at radius 3 is 0.519 bits per heavy atom. The normalized spacial score (nSPS) is 12.6. The fourth-order valence-corrected chi connectivity index (χ4v) is 4.22. The van der Waals surface area contributed by atoms with Gasteiger partial charge in [0.1, 0.15) is 0 Å². The van der Waals surface area contributed by atoms with E-state index in [0.717, 1.165) is 68.4 Å². The Hall–Kier alpha value is -7.08. The molecule has 6 heterocycles. The number of hydrogen-bond acceptors (Lipinski definition) is 12. The highest BCUT2D eigenvalue weighted by Crippen LogP contribution is 2.03. The zero-order valence-electron chi connectivity index (χ0n) is 31.2. The third-order valence-electron chi connectivity index (χ3n) is 7.26. The molecule has 0 aliphatic carbocycles. The van der Waals surface area contributed by atoms with Crippen LogP contribution in [0.5, 0.6) is 0 Å². The summed E-state index contributed by atoms with van der Waals surface area (Å²) in [7, 11) is 0. The topological polar surface area (TPSA) is 152 Å². The van der Waals surface area contributed by atoms with Gasteiger partial charge in [-0.3, -0.25) is 29.9 Å². The fourth-order valence-electron chi connectivity index (χ4n) is 4.22. The maximum absolute atomic E-state index is 4.21. The maximum Gasteiger partial charge on any atom is 0.0860 e. The summed E-state index contributed by atoms with van der Waals surface area (Å²) >= 11 is 0. The van der Waals surface area contributed by atoms with Crippen LogP contribution in [0.3, 0.4) is 0 Å². The zero-order chi connectivity index (χ0) is 38.4. The lowest BCUT2D eigenvalue weighted by Crippen LogP contribution is -2.00. The summed E-state index contributed by atoms with van der Waals surface area (Å²) in [5.41, 5.74) is 9.67. The lowest BCUT2D eigenvalue weighted by Gasteiger charge is -1.98. The molecule has 270 valence electrons. The molecule has 6 rings (SSSR count). The van der Waals surface area contributed by atoms with Crippen molar-refractivity contribution in [2.24, 2.45) is 30.6 Å². The molecule has 0 N–H and O–H groups in total. The van der Waals surface area contributed by atoms with Gasteiger partial charge in [0.15, 0.2) is 0 Å². The molecule has 0 spiro atoms. The van der Waals surface area contributed by atoms with Crippen molar-refractivity contribution in [3.63, 3.8) is 0 Å². The Bertz CT molecular complexity index is 1770. The van der Waals surface area contributed by atoms with E-state index in [0.29, 0.717) is 0 Å². The van der Waals surface area contributed by atoms with Gasteiger partial charge in [-0.15, -0.1) is 0 Å². The van der Waals surface area contributed by atoms with E-state index in [9.17, 15) is 0 Å². The molecule has 0 atom stereocenters. The van der Waals surface area contributed by atoms with E-state index >= 15 is 0 Å². The first kappa shape index (κ1) is 39.7. The summed E-state index contributed by atoms with van der Waals surface area (Å²) in [6.45, 7) is 11.3. The van der Waals surface area contributed by atoms with Gasteiger partial charge in [-0.2, -0.15) is 30.6 Å². The first-order valence-corrected chi connectivity index (χ1v) is 17.1. The van der Waals surface area contributed by atoms with Gasteiger partial charge >= 0.3 is 0 Å². The molecular formula is C42H42N12. The van der Waals surface area contributed by atoms with Crippen LogP contribution in [0, 0.1) is 0 Å². The summed E-state index contributed by atoms with van der Waals surface area (Å²) in [6, 6.07) is 34.3. The highest BCUT2D eigenvalue weighted by molar-refractivity contribution is 6.01. The van der Waals surface area contributed by atoms with E-state index in [1.165, 1.54) is 0 Å². The molecule has 12 heteroatoms. The monoisotopic (exact) mass is 714 g/mol. The molecule has 12 nitrogen and oxygen atoms in total. The van der Waals surface area contributed by atoms with E-state index in [2.05, 4.69) is 60.5 Å². The van der Waals surface area contributed by atoms with E-state index in [1.807, 2.05) is 151 Å². The van der Waals surface area contributed by atoms with Gasteiger partial charge in [0.05, 0.1) is 68.4 Å². The average Bonchev–Trinajstić information content (AvgIpc) is 3.25. The molecule has 0 fully saturated rings. The van der Waals surface area contributed by atoms with Gasteiger partial charge in [0, 0.05) is 37.2 Å². The number of rotatable bonds is 9. The Morgan fingerprint density at radius 1 is 0.259 bits per heavy atom. The highest BCUT2D eigenvalue weighted by atomic mass is 15.2. The molecular weight excluding hydrogens is 673 g/mol. The molecule has 0 unspecified atom stereocenters. The van der Waals surface area contributed by atoms with Crippen molar-refractivity contribution in [1.82, 2.24) is 29.9 Å². The van der Waals surface area contributed by atoms with Crippen LogP contribution in [-0.2, 0) is 0 Å². The number of aromatic nitrogens is 6. The van der Waals surface area contributed by atoms with Crippen LogP contribution in [-0.4, -0.2) is 64.2 Å². The third kappa shape index (κ3) is 13.6. The zero-order valence-corrected chi connectivity index (χ0v) is 31.2. The molecule has 0 aliphatic heterocycles. The minimum Gasteiger partial charge on any atom is -0.255 e. The Kier molecular flexibility index (Phi) is 16.2. The predicted octanol–water partition coefficient (Wildman–Crippen LogP) is 8.13. The van der Waals surface area contributed by atoms with Crippen molar-refractivity contribution in [1.29, 1.82) is 0 Å². The molecule has 6 aromatic heterocycles. The Balaban J connectivity index is 0.000000180. The molecule has 6 aromatic rings. The van der Waals surface area contributed by atoms with E-state index in [4.69, 9.17) is 0 Å². The molecule has 0 bridgehead atoms. The van der Waals surface area contributed by atoms with Crippen molar-refractivity contribution >= 4 is 34.3 Å². The number of pyridine rings is 6. The summed E-state index contributed by atoms with van der Waals surface area (Å²) in [5, 5.41) is 25.0. The summed E-state index contributed by atoms with van der Waals surface area (Å²) in [4.78, 5) is 25.3. The van der Waals surface area contributed by atoms with Crippen LogP contribution in [0.15, 0.2) is 177 Å². The van der Waals surface area contributed by atoms with Gasteiger partial charge < -0.3 is 0 Å². The van der Waals surface area contributed by atoms with Crippen LogP contribution in [0.2, 0.25) is 0 Å². The largest absolute Gasteiger partial charge is 0.255 e. The summed E-state index contributed by atoms with van der Waals surface area (Å²) < 4.78 is 0. The van der Waals surface area contributed by atoms with Crippen molar-refractivity contribution in [3.8, 4) is 0 Å². The summed E-state index contributed by atoms with van der Waals surface area (Å²) in [5.74, 6) is 0. The number of nitrogens with zero attached hydrogens (tertiary/aromatic N) is 12. The van der Waals surface area contributed by atoms with Crippen molar-refractivity contribution < 1.29 is 0 Å². The lowest BCUT2D eigenvalue weighted by molar-refractivity contribution is 1.17. The second-order valence-electron chi connectivity index (χ2n) is 11.4. The quantitative estimate of drug-likeness (QED) is 0.109. The molecule has 0 amide bonds. The minimum absolute atomic E-state index is 0.783. The smallest absolute Gasteiger partial charge is 0.0860 e. The predicted molar refractivity (Wildman–Crippen MR) is 219 cm³/mol. The second-order valence-corrected chi connectivity index (χ2v) is 11.4. The first-order valence-electron chi connectivity index (χ1n) is 17.1. The van der Waals surface area contributed by atoms with Gasteiger partial charge in [0.25, 0.3) is 0 Å². The molecule has 0 saturated heterocycles. The van der Waals surface area contributed by atoms with Crippen LogP contribution < -0.4 is 0 Å². The molecule has 54 heavy (non-hydrogen) atoms. The Labute approximate surface area is 316 Å². The van der Waals surface area contributed by atoms with Gasteiger partial charge in [-0.1, -0.05) is 36.4 Å². The maximum atomic E-state index is 4.21. The first-order chi connectivity index (χ1) is 26.3. The summed E-state index contributed by atoms with van der Waals surface area (Å²) in [6.07, 6.45) is 10.4. The van der Waals surface area contributed by atoms with Crippen LogP contribution in [0.1, 0.15) is 75.7 Å². The van der Waals surface area contributed by atoms with Crippen LogP contribution >= 0.6 is 0 Å². The van der Waals surface area contributed by atoms with Gasteiger partial charge in [-0.25, -0.2) is 0 Å². The van der Waals surface area contributed by atoms with Crippen LogP contribution in [0.4, 0.5) is 0 Å². The van der Waals surface area contributed by atoms with E-state index < -0.39 is 0 Å². The molecule has 0 saturated carbocycles. The standard InChI is InChI=1S/3C14H14N4/c3*1-11(13-7-3-5-9-15-13)17-18-12(2)14-8-4-6-10-16-14/h3*3-10H,1-2H3/b3*17-11+,18-12+. The van der Waals surface area contributed by atoms with Gasteiger partial charge in [0.2, 0.25) is 0 Å². The highest BCUT2D eigenvalue weighted by Gasteiger charge is 2.02. The molecule has 0 radical (unpaired) electrons. The van der Waals surface area contributed by atoms with Crippen molar-refractivity contribution in [2.75, 3.05) is 0 Å². The second kappa shape index (κ2) is 22.0. The minimum atomic E-state index is 0.783. The molecule has 0 aliphatic rings. The Morgan fingerprint density at radius 2 is 0.407 bits per heavy atom. The SMILES string of the molecule is C/C(=N\N=C(/C)c1ccccn1)c1ccccn1.C/C(=N\N=C(/C)c1ccccn1)c1ccccn1.C/C(=N\N=C(/C)c1ccccn1)c1ccccn1. The van der Waals surface area contributed by atoms with Gasteiger partial charge in [-0.05, 0) is 114 Å². The van der Waals surface area contributed by atoms with E-state index in [1.54, 1.807) is 37.2 Å². The fraction of sp³-hybridized carbons (Fsp3) is 0.143. The van der Waals surface area contributed by atoms with E-state index in [-0.39, 0.29) is 0 Å². The van der Waals surface area contributed by atoms with Crippen molar-refractivity contribution in [3.05, 3.63) is 181 Å². The average molecular weight is 715 g/mol.